The summed E-state index contributed by atoms with van der Waals surface area (Å²) >= 11 is 0. The Hall–Kier alpha value is -2.21. The molecule has 0 bridgehead atoms. The second kappa shape index (κ2) is 4.89. The van der Waals surface area contributed by atoms with Crippen molar-refractivity contribution in [3.63, 3.8) is 0 Å². The van der Waals surface area contributed by atoms with E-state index in [1.165, 1.54) is 12.1 Å². The number of amides is 1. The largest absolute Gasteiger partial charge is 0.341 e. The molecule has 2 aromatic rings. The van der Waals surface area contributed by atoms with Crippen molar-refractivity contribution in [2.24, 2.45) is 5.41 Å². The normalized spacial score (nSPS) is 19.5. The van der Waals surface area contributed by atoms with Gasteiger partial charge in [0.05, 0.1) is 0 Å². The van der Waals surface area contributed by atoms with Gasteiger partial charge in [-0.15, -0.1) is 0 Å². The van der Waals surface area contributed by atoms with Gasteiger partial charge in [0, 0.05) is 42.9 Å². The molecule has 23 heavy (non-hydrogen) atoms. The fraction of sp³-hybridized carbons (Fsp3) is 0.412. The summed E-state index contributed by atoms with van der Waals surface area (Å²) in [5.74, 6) is 0.293. The van der Waals surface area contributed by atoms with Crippen LogP contribution in [0.25, 0.3) is 11.4 Å². The highest BCUT2D eigenvalue weighted by molar-refractivity contribution is 5.94. The van der Waals surface area contributed by atoms with Gasteiger partial charge in [0.1, 0.15) is 17.3 Å². The topological polar surface area (TPSA) is 52.2 Å². The van der Waals surface area contributed by atoms with E-state index in [0.717, 1.165) is 37.4 Å². The van der Waals surface area contributed by atoms with Crippen LogP contribution in [0.5, 0.6) is 0 Å². The Morgan fingerprint density at radius 3 is 2.48 bits per heavy atom. The zero-order valence-electron chi connectivity index (χ0n) is 13.3. The zero-order valence-corrected chi connectivity index (χ0v) is 13.3. The lowest BCUT2D eigenvalue weighted by Crippen LogP contribution is -2.72. The molecule has 2 fully saturated rings. The number of H-pyrrole nitrogens is 1. The summed E-state index contributed by atoms with van der Waals surface area (Å²) in [7, 11) is 2.10. The molecule has 6 heteroatoms. The van der Waals surface area contributed by atoms with Crippen molar-refractivity contribution >= 4 is 5.91 Å². The summed E-state index contributed by atoms with van der Waals surface area (Å²) in [6, 6.07) is 6.09. The number of rotatable bonds is 2. The molecular formula is C17H19FN4O. The third-order valence-electron chi connectivity index (χ3n) is 4.76. The monoisotopic (exact) mass is 314 g/mol. The number of aryl methyl sites for hydroxylation is 1. The summed E-state index contributed by atoms with van der Waals surface area (Å²) in [6.45, 7) is 5.61. The molecule has 0 unspecified atom stereocenters. The van der Waals surface area contributed by atoms with E-state index >= 15 is 0 Å². The fourth-order valence-corrected chi connectivity index (χ4v) is 3.77. The molecule has 1 aromatic carbocycles. The van der Waals surface area contributed by atoms with Crippen LogP contribution in [-0.2, 0) is 0 Å². The van der Waals surface area contributed by atoms with Gasteiger partial charge in [0.2, 0.25) is 0 Å². The van der Waals surface area contributed by atoms with Crippen molar-refractivity contribution < 1.29 is 9.18 Å². The van der Waals surface area contributed by atoms with Gasteiger partial charge in [-0.2, -0.15) is 0 Å². The maximum absolute atomic E-state index is 13.0. The van der Waals surface area contributed by atoms with Crippen LogP contribution in [0, 0.1) is 18.2 Å². The summed E-state index contributed by atoms with van der Waals surface area (Å²) in [5.41, 5.74) is 2.30. The van der Waals surface area contributed by atoms with Crippen molar-refractivity contribution in [3.8, 4) is 11.4 Å². The van der Waals surface area contributed by atoms with Crippen molar-refractivity contribution in [1.29, 1.82) is 0 Å². The molecule has 1 N–H and O–H groups in total. The first-order valence-corrected chi connectivity index (χ1v) is 7.76. The Bertz CT molecular complexity index is 753. The van der Waals surface area contributed by atoms with Crippen LogP contribution in [0.4, 0.5) is 4.39 Å². The van der Waals surface area contributed by atoms with E-state index in [-0.39, 0.29) is 11.7 Å². The highest BCUT2D eigenvalue weighted by Gasteiger charge is 2.52. The van der Waals surface area contributed by atoms with Crippen LogP contribution in [-0.4, -0.2) is 58.9 Å². The molecule has 1 spiro atoms. The Balaban J connectivity index is 1.51. The smallest absolute Gasteiger partial charge is 0.274 e. The van der Waals surface area contributed by atoms with E-state index in [2.05, 4.69) is 21.9 Å². The Morgan fingerprint density at radius 2 is 1.87 bits per heavy atom. The summed E-state index contributed by atoms with van der Waals surface area (Å²) in [5, 5.41) is 0. The zero-order chi connectivity index (χ0) is 16.2. The Morgan fingerprint density at radius 1 is 1.22 bits per heavy atom. The SMILES string of the molecule is Cc1[nH]c(-c2ccc(F)cc2)nc1C(=O)N1CC2(CN(C)C2)C1. The molecule has 0 saturated carbocycles. The van der Waals surface area contributed by atoms with E-state index in [9.17, 15) is 9.18 Å². The number of carbonyl (C=O) groups is 1. The van der Waals surface area contributed by atoms with E-state index in [1.807, 2.05) is 11.8 Å². The molecule has 3 heterocycles. The number of hydrogen-bond donors (Lipinski definition) is 1. The van der Waals surface area contributed by atoms with Crippen molar-refractivity contribution in [2.45, 2.75) is 6.92 Å². The van der Waals surface area contributed by atoms with E-state index in [0.29, 0.717) is 16.9 Å². The summed E-state index contributed by atoms with van der Waals surface area (Å²) in [4.78, 5) is 24.3. The van der Waals surface area contributed by atoms with Gasteiger partial charge >= 0.3 is 0 Å². The van der Waals surface area contributed by atoms with Gasteiger partial charge in [-0.3, -0.25) is 4.79 Å². The first kappa shape index (κ1) is 14.4. The van der Waals surface area contributed by atoms with Gasteiger partial charge in [0.25, 0.3) is 5.91 Å². The van der Waals surface area contributed by atoms with Gasteiger partial charge in [-0.05, 0) is 38.2 Å². The minimum absolute atomic E-state index is 0.0210. The molecule has 2 aliphatic rings. The van der Waals surface area contributed by atoms with Crippen molar-refractivity contribution in [2.75, 3.05) is 33.2 Å². The van der Waals surface area contributed by atoms with Gasteiger partial charge in [-0.1, -0.05) is 0 Å². The predicted octanol–water partition coefficient (Wildman–Crippen LogP) is 1.91. The third-order valence-corrected chi connectivity index (χ3v) is 4.76. The molecule has 0 atom stereocenters. The lowest BCUT2D eigenvalue weighted by atomic mass is 9.73. The number of aromatic amines is 1. The third kappa shape index (κ3) is 2.34. The van der Waals surface area contributed by atoms with Crippen molar-refractivity contribution in [1.82, 2.24) is 19.8 Å². The van der Waals surface area contributed by atoms with Crippen LogP contribution in [0.3, 0.4) is 0 Å². The first-order chi connectivity index (χ1) is 11.0. The lowest BCUT2D eigenvalue weighted by molar-refractivity contribution is -0.0873. The molecule has 1 aromatic heterocycles. The minimum Gasteiger partial charge on any atom is -0.341 e. The molecule has 120 valence electrons. The number of hydrogen-bond acceptors (Lipinski definition) is 3. The number of aromatic nitrogens is 2. The molecule has 4 rings (SSSR count). The van der Waals surface area contributed by atoms with Gasteiger partial charge < -0.3 is 14.8 Å². The highest BCUT2D eigenvalue weighted by Crippen LogP contribution is 2.39. The summed E-state index contributed by atoms with van der Waals surface area (Å²) in [6.07, 6.45) is 0. The second-order valence-corrected chi connectivity index (χ2v) is 6.90. The van der Waals surface area contributed by atoms with Gasteiger partial charge in [-0.25, -0.2) is 9.37 Å². The number of imidazole rings is 1. The molecule has 2 aliphatic heterocycles. The molecule has 0 radical (unpaired) electrons. The maximum atomic E-state index is 13.0. The Kier molecular flexibility index (Phi) is 3.06. The van der Waals surface area contributed by atoms with Crippen LogP contribution in [0.1, 0.15) is 16.2 Å². The Labute approximate surface area is 134 Å². The summed E-state index contributed by atoms with van der Waals surface area (Å²) < 4.78 is 13.0. The molecule has 5 nitrogen and oxygen atoms in total. The molecular weight excluding hydrogens is 295 g/mol. The molecule has 0 aliphatic carbocycles. The number of nitrogens with one attached hydrogen (secondary N) is 1. The predicted molar refractivity (Wildman–Crippen MR) is 84.6 cm³/mol. The fourth-order valence-electron chi connectivity index (χ4n) is 3.77. The van der Waals surface area contributed by atoms with Crippen LogP contribution < -0.4 is 0 Å². The highest BCUT2D eigenvalue weighted by atomic mass is 19.1. The maximum Gasteiger partial charge on any atom is 0.274 e. The number of likely N-dealkylation sites (tertiary alicyclic amines) is 2. The quantitative estimate of drug-likeness (QED) is 0.921. The number of nitrogens with zero attached hydrogens (tertiary/aromatic N) is 3. The van der Waals surface area contributed by atoms with E-state index in [1.54, 1.807) is 12.1 Å². The van der Waals surface area contributed by atoms with E-state index < -0.39 is 0 Å². The number of carbonyl (C=O) groups excluding carboxylic acids is 1. The number of benzene rings is 1. The second-order valence-electron chi connectivity index (χ2n) is 6.90. The minimum atomic E-state index is -0.287. The molecule has 1 amide bonds. The van der Waals surface area contributed by atoms with Crippen LogP contribution in [0.2, 0.25) is 0 Å². The van der Waals surface area contributed by atoms with Crippen LogP contribution in [0.15, 0.2) is 24.3 Å². The lowest BCUT2D eigenvalue weighted by Gasteiger charge is -2.59. The standard InChI is InChI=1S/C17H19FN4O/c1-11-14(16(23)22-9-17(10-22)7-21(2)8-17)20-15(19-11)12-3-5-13(18)6-4-12/h3-6H,7-10H2,1-2H3,(H,19,20). The number of halogens is 1. The van der Waals surface area contributed by atoms with Crippen molar-refractivity contribution in [3.05, 3.63) is 41.5 Å². The molecule has 2 saturated heterocycles. The first-order valence-electron chi connectivity index (χ1n) is 7.76. The van der Waals surface area contributed by atoms with Crippen LogP contribution >= 0.6 is 0 Å². The average Bonchev–Trinajstić information content (AvgIpc) is 2.83. The van der Waals surface area contributed by atoms with Gasteiger partial charge in [0.15, 0.2) is 0 Å². The van der Waals surface area contributed by atoms with E-state index in [4.69, 9.17) is 0 Å². The average molecular weight is 314 g/mol.